The van der Waals surface area contributed by atoms with Crippen molar-refractivity contribution in [3.8, 4) is 5.75 Å². The molecule has 0 saturated carbocycles. The van der Waals surface area contributed by atoms with Gasteiger partial charge in [-0.3, -0.25) is 4.79 Å². The maximum Gasteiger partial charge on any atom is 0.337 e. The summed E-state index contributed by atoms with van der Waals surface area (Å²) < 4.78 is 11.0. The molecule has 0 fully saturated rings. The number of methoxy groups -OCH3 is 1. The number of carbonyl (C=O) groups is 2. The molecule has 0 aromatic heterocycles. The second-order valence-corrected chi connectivity index (χ2v) is 5.85. The van der Waals surface area contributed by atoms with E-state index in [0.29, 0.717) is 18.0 Å². The first-order valence-electron chi connectivity index (χ1n) is 7.42. The van der Waals surface area contributed by atoms with E-state index in [1.165, 1.54) is 12.0 Å². The van der Waals surface area contributed by atoms with Gasteiger partial charge in [-0.15, -0.1) is 0 Å². The molecule has 2 N–H and O–H groups in total. The molecule has 1 amide bonds. The topological polar surface area (TPSA) is 88.1 Å². The highest BCUT2D eigenvalue weighted by atomic mass is 79.9. The Balaban J connectivity index is 2.31. The Kier molecular flexibility index (Phi) is 6.22. The highest BCUT2D eigenvalue weighted by Crippen LogP contribution is 2.30. The fourth-order valence-electron chi connectivity index (χ4n) is 2.34. The van der Waals surface area contributed by atoms with E-state index in [4.69, 9.17) is 14.6 Å². The van der Waals surface area contributed by atoms with Gasteiger partial charge in [0.2, 0.25) is 0 Å². The second kappa shape index (κ2) is 8.16. The average molecular weight is 399 g/mol. The van der Waals surface area contributed by atoms with Crippen molar-refractivity contribution in [1.82, 2.24) is 4.90 Å². The summed E-state index contributed by atoms with van der Waals surface area (Å²) in [4.78, 5) is 25.8. The third kappa shape index (κ3) is 3.88. The lowest BCUT2D eigenvalue weighted by Crippen LogP contribution is -2.31. The van der Waals surface area contributed by atoms with Crippen molar-refractivity contribution >= 4 is 33.5 Å². The number of aliphatic hydroxyl groups excluding tert-OH is 1. The van der Waals surface area contributed by atoms with Crippen LogP contribution in [0.3, 0.4) is 0 Å². The average Bonchev–Trinajstić information content (AvgIpc) is 2.87. The lowest BCUT2D eigenvalue weighted by Gasteiger charge is -2.15. The van der Waals surface area contributed by atoms with Crippen LogP contribution in [-0.4, -0.2) is 55.3 Å². The molecule has 0 atom stereocenters. The summed E-state index contributed by atoms with van der Waals surface area (Å²) in [7, 11) is 1.26. The minimum Gasteiger partial charge on any atom is -0.493 e. The molecule has 2 rings (SSSR count). The Hall–Kier alpha value is -2.06. The normalized spacial score (nSPS) is 14.2. The molecule has 0 saturated heterocycles. The van der Waals surface area contributed by atoms with Crippen LogP contribution in [0.5, 0.6) is 5.75 Å². The number of esters is 1. The Morgan fingerprint density at radius 1 is 1.46 bits per heavy atom. The van der Waals surface area contributed by atoms with E-state index in [0.717, 1.165) is 4.47 Å². The zero-order valence-corrected chi connectivity index (χ0v) is 15.1. The lowest BCUT2D eigenvalue weighted by atomic mass is 10.2. The van der Waals surface area contributed by atoms with E-state index in [9.17, 15) is 9.59 Å². The first kappa shape index (κ1) is 18.3. The van der Waals surface area contributed by atoms with Crippen molar-refractivity contribution in [2.24, 2.45) is 0 Å². The van der Waals surface area contributed by atoms with Gasteiger partial charge in [-0.05, 0) is 35.0 Å². The number of anilines is 1. The highest BCUT2D eigenvalue weighted by molar-refractivity contribution is 9.10. The van der Waals surface area contributed by atoms with E-state index in [1.807, 2.05) is 6.92 Å². The zero-order chi connectivity index (χ0) is 17.7. The predicted octanol–water partition coefficient (Wildman–Crippen LogP) is 1.52. The van der Waals surface area contributed by atoms with Gasteiger partial charge in [-0.25, -0.2) is 4.79 Å². The summed E-state index contributed by atoms with van der Waals surface area (Å²) in [6, 6.07) is 5.28. The molecule has 0 unspecified atom stereocenters. The van der Waals surface area contributed by atoms with Gasteiger partial charge in [0.15, 0.2) is 0 Å². The van der Waals surface area contributed by atoms with Crippen LogP contribution in [0, 0.1) is 0 Å². The van der Waals surface area contributed by atoms with E-state index < -0.39 is 5.97 Å². The largest absolute Gasteiger partial charge is 0.493 e. The summed E-state index contributed by atoms with van der Waals surface area (Å²) >= 11 is 3.39. The van der Waals surface area contributed by atoms with E-state index in [-0.39, 0.29) is 36.9 Å². The molecule has 1 aliphatic rings. The summed E-state index contributed by atoms with van der Waals surface area (Å²) in [5.74, 6) is -0.306. The van der Waals surface area contributed by atoms with Gasteiger partial charge in [-0.1, -0.05) is 0 Å². The molecule has 8 heteroatoms. The molecular weight excluding hydrogens is 380 g/mol. The monoisotopic (exact) mass is 398 g/mol. The van der Waals surface area contributed by atoms with Crippen LogP contribution < -0.4 is 10.1 Å². The summed E-state index contributed by atoms with van der Waals surface area (Å²) in [6.07, 6.45) is 0. The Morgan fingerprint density at radius 2 is 2.21 bits per heavy atom. The summed E-state index contributed by atoms with van der Waals surface area (Å²) in [5.41, 5.74) is 0.995. The Morgan fingerprint density at radius 3 is 2.83 bits per heavy atom. The van der Waals surface area contributed by atoms with E-state index in [2.05, 4.69) is 21.2 Å². The van der Waals surface area contributed by atoms with Gasteiger partial charge >= 0.3 is 5.97 Å². The molecule has 0 spiro atoms. The molecule has 1 aromatic rings. The number of carbonyl (C=O) groups excluding carboxylic acids is 2. The number of β-amino-alcohol motifs (C(OH)–C–C–N with tert-alkyl or cyclic N) is 1. The maximum atomic E-state index is 12.5. The third-order valence-electron chi connectivity index (χ3n) is 3.45. The predicted molar refractivity (Wildman–Crippen MR) is 91.6 cm³/mol. The number of hydrogen-bond donors (Lipinski definition) is 2. The van der Waals surface area contributed by atoms with Gasteiger partial charge in [0, 0.05) is 18.3 Å². The van der Waals surface area contributed by atoms with E-state index >= 15 is 0 Å². The number of halogens is 1. The maximum absolute atomic E-state index is 12.5. The molecule has 130 valence electrons. The number of amides is 1. The second-order valence-electron chi connectivity index (χ2n) is 5.00. The van der Waals surface area contributed by atoms with E-state index in [1.54, 1.807) is 18.2 Å². The first-order valence-corrected chi connectivity index (χ1v) is 8.22. The number of ether oxygens (including phenoxy) is 2. The van der Waals surface area contributed by atoms with Crippen molar-refractivity contribution in [2.45, 2.75) is 6.92 Å². The lowest BCUT2D eigenvalue weighted by molar-refractivity contribution is -0.136. The minimum atomic E-state index is -0.576. The van der Waals surface area contributed by atoms with Crippen molar-refractivity contribution in [3.05, 3.63) is 33.9 Å². The Labute approximate surface area is 148 Å². The zero-order valence-electron chi connectivity index (χ0n) is 13.5. The molecule has 24 heavy (non-hydrogen) atoms. The smallest absolute Gasteiger partial charge is 0.337 e. The van der Waals surface area contributed by atoms with Crippen LogP contribution >= 0.6 is 15.9 Å². The summed E-state index contributed by atoms with van der Waals surface area (Å²) in [6.45, 7) is 2.44. The molecule has 7 nitrogen and oxygen atoms in total. The van der Waals surface area contributed by atoms with Gasteiger partial charge in [0.25, 0.3) is 5.91 Å². The number of aliphatic hydroxyl groups is 1. The number of rotatable bonds is 7. The fourth-order valence-corrected chi connectivity index (χ4v) is 2.70. The third-order valence-corrected chi connectivity index (χ3v) is 4.11. The standard InChI is InChI=1S/C16H19BrN2O5/c1-3-24-13-8-10(4-5-12(13)17)18-14-11(16(22)23-2)9-19(6-7-20)15(14)21/h4-5,8,18,20H,3,6-7,9H2,1-2H3. The number of hydrogen-bond acceptors (Lipinski definition) is 6. The van der Waals surface area contributed by atoms with Crippen LogP contribution in [0.2, 0.25) is 0 Å². The molecule has 1 aromatic carbocycles. The number of benzene rings is 1. The quantitative estimate of drug-likeness (QED) is 0.677. The van der Waals surface area contributed by atoms with Crippen LogP contribution in [0.4, 0.5) is 5.69 Å². The molecule has 0 aliphatic carbocycles. The number of nitrogens with one attached hydrogen (secondary N) is 1. The van der Waals surface area contributed by atoms with Crippen LogP contribution in [0.15, 0.2) is 33.9 Å². The molecule has 0 bridgehead atoms. The first-order chi connectivity index (χ1) is 11.5. The van der Waals surface area contributed by atoms with Crippen LogP contribution in [-0.2, 0) is 14.3 Å². The van der Waals surface area contributed by atoms with Crippen molar-refractivity contribution in [2.75, 3.05) is 38.7 Å². The number of nitrogens with zero attached hydrogens (tertiary/aromatic N) is 1. The SMILES string of the molecule is CCOc1cc(NC2=C(C(=O)OC)CN(CCO)C2=O)ccc1Br. The molecule has 1 heterocycles. The Bertz CT molecular complexity index is 674. The van der Waals surface area contributed by atoms with Crippen molar-refractivity contribution in [3.63, 3.8) is 0 Å². The van der Waals surface area contributed by atoms with Gasteiger partial charge in [-0.2, -0.15) is 0 Å². The van der Waals surface area contributed by atoms with Crippen LogP contribution in [0.25, 0.3) is 0 Å². The molecule has 0 radical (unpaired) electrons. The highest BCUT2D eigenvalue weighted by Gasteiger charge is 2.34. The van der Waals surface area contributed by atoms with Gasteiger partial charge in [0.05, 0.1) is 36.9 Å². The van der Waals surface area contributed by atoms with Crippen molar-refractivity contribution in [1.29, 1.82) is 0 Å². The summed E-state index contributed by atoms with van der Waals surface area (Å²) in [5, 5.41) is 12.0. The van der Waals surface area contributed by atoms with Crippen LogP contribution in [0.1, 0.15) is 6.92 Å². The van der Waals surface area contributed by atoms with Crippen molar-refractivity contribution < 1.29 is 24.2 Å². The molecule has 1 aliphatic heterocycles. The minimum absolute atomic E-state index is 0.100. The fraction of sp³-hybridized carbons (Fsp3) is 0.375. The van der Waals surface area contributed by atoms with Gasteiger partial charge < -0.3 is 24.8 Å². The molecular formula is C16H19BrN2O5. The van der Waals surface area contributed by atoms with Gasteiger partial charge in [0.1, 0.15) is 11.4 Å².